The molecule has 1 saturated carbocycles. The molecule has 7 heteroatoms. The first-order chi connectivity index (χ1) is 9.08. The molecular weight excluding hydrogens is 250 g/mol. The number of rotatable bonds is 3. The molecule has 1 aliphatic heterocycles. The van der Waals surface area contributed by atoms with Gasteiger partial charge in [0.1, 0.15) is 6.04 Å². The monoisotopic (exact) mass is 269 g/mol. The van der Waals surface area contributed by atoms with E-state index in [0.717, 1.165) is 12.8 Å². The highest BCUT2D eigenvalue weighted by atomic mass is 16.4. The van der Waals surface area contributed by atoms with Gasteiger partial charge in [-0.3, -0.25) is 9.59 Å². The van der Waals surface area contributed by atoms with Crippen molar-refractivity contribution in [3.05, 3.63) is 0 Å². The third-order valence-electron chi connectivity index (χ3n) is 3.74. The molecule has 3 atom stereocenters. The van der Waals surface area contributed by atoms with Crippen LogP contribution < -0.4 is 16.0 Å². The molecule has 7 nitrogen and oxygen atoms in total. The Morgan fingerprint density at radius 3 is 2.63 bits per heavy atom. The van der Waals surface area contributed by atoms with Gasteiger partial charge >= 0.3 is 12.0 Å². The second-order valence-corrected chi connectivity index (χ2v) is 5.09. The number of amides is 3. The minimum absolute atomic E-state index is 0.178. The maximum Gasteiger partial charge on any atom is 0.315 e. The molecular formula is C12H19N3O4. The first-order valence-corrected chi connectivity index (χ1v) is 6.65. The molecule has 2 fully saturated rings. The Balaban J connectivity index is 1.83. The maximum atomic E-state index is 11.8. The number of urea groups is 1. The molecule has 0 aromatic rings. The minimum atomic E-state index is -0.877. The van der Waals surface area contributed by atoms with Crippen molar-refractivity contribution in [3.63, 3.8) is 0 Å². The normalized spacial score (nSPS) is 30.5. The standard InChI is InChI=1S/C12H19N3O4/c16-10-9(5-2-6-13-10)15-12(19)14-8-4-1-3-7(8)11(17)18/h7-9H,1-6H2,(H,13,16)(H,17,18)(H2,14,15,19). The van der Waals surface area contributed by atoms with E-state index in [4.69, 9.17) is 5.11 Å². The van der Waals surface area contributed by atoms with Crippen LogP contribution in [0.25, 0.3) is 0 Å². The summed E-state index contributed by atoms with van der Waals surface area (Å²) in [7, 11) is 0. The lowest BCUT2D eigenvalue weighted by Crippen LogP contribution is -2.54. The molecule has 1 heterocycles. The molecule has 1 saturated heterocycles. The van der Waals surface area contributed by atoms with Crippen molar-refractivity contribution >= 4 is 17.9 Å². The van der Waals surface area contributed by atoms with Crippen molar-refractivity contribution in [2.75, 3.05) is 6.54 Å². The van der Waals surface area contributed by atoms with Crippen molar-refractivity contribution in [3.8, 4) is 0 Å². The van der Waals surface area contributed by atoms with Gasteiger partial charge in [-0.2, -0.15) is 0 Å². The fourth-order valence-corrected chi connectivity index (χ4v) is 2.71. The molecule has 0 bridgehead atoms. The third kappa shape index (κ3) is 3.36. The molecule has 1 aliphatic carbocycles. The Labute approximate surface area is 111 Å². The van der Waals surface area contributed by atoms with E-state index < -0.39 is 24.0 Å². The van der Waals surface area contributed by atoms with Crippen LogP contribution in [0.4, 0.5) is 4.79 Å². The molecule has 3 amide bonds. The highest BCUT2D eigenvalue weighted by Crippen LogP contribution is 2.25. The predicted molar refractivity (Wildman–Crippen MR) is 66.5 cm³/mol. The van der Waals surface area contributed by atoms with E-state index in [9.17, 15) is 14.4 Å². The predicted octanol–water partition coefficient (Wildman–Crippen LogP) is -0.182. The minimum Gasteiger partial charge on any atom is -0.481 e. The van der Waals surface area contributed by atoms with Crippen LogP contribution in [0.15, 0.2) is 0 Å². The van der Waals surface area contributed by atoms with Gasteiger partial charge in [0.2, 0.25) is 5.91 Å². The average molecular weight is 269 g/mol. The first kappa shape index (κ1) is 13.6. The van der Waals surface area contributed by atoms with Gasteiger partial charge in [0.25, 0.3) is 0 Å². The van der Waals surface area contributed by atoms with E-state index in [-0.39, 0.29) is 11.9 Å². The maximum absolute atomic E-state index is 11.8. The second-order valence-electron chi connectivity index (χ2n) is 5.09. The van der Waals surface area contributed by atoms with Gasteiger partial charge in [-0.05, 0) is 25.7 Å². The Kier molecular flexibility index (Phi) is 4.24. The third-order valence-corrected chi connectivity index (χ3v) is 3.74. The van der Waals surface area contributed by atoms with E-state index in [1.165, 1.54) is 0 Å². The number of carboxylic acid groups (broad SMARTS) is 1. The zero-order valence-electron chi connectivity index (χ0n) is 10.6. The lowest BCUT2D eigenvalue weighted by atomic mass is 10.0. The van der Waals surface area contributed by atoms with Crippen molar-refractivity contribution in [1.29, 1.82) is 0 Å². The molecule has 2 aliphatic rings. The lowest BCUT2D eigenvalue weighted by molar-refractivity contribution is -0.142. The summed E-state index contributed by atoms with van der Waals surface area (Å²) < 4.78 is 0. The number of carbonyl (C=O) groups excluding carboxylic acids is 2. The quantitative estimate of drug-likeness (QED) is 0.570. The Bertz CT molecular complexity index is 385. The van der Waals surface area contributed by atoms with Crippen molar-refractivity contribution < 1.29 is 19.5 Å². The van der Waals surface area contributed by atoms with E-state index in [2.05, 4.69) is 16.0 Å². The van der Waals surface area contributed by atoms with Crippen LogP contribution in [0, 0.1) is 5.92 Å². The van der Waals surface area contributed by atoms with Crippen LogP contribution in [0.5, 0.6) is 0 Å². The summed E-state index contributed by atoms with van der Waals surface area (Å²) in [5.74, 6) is -1.58. The number of aliphatic carboxylic acids is 1. The number of piperidine rings is 1. The molecule has 3 unspecified atom stereocenters. The van der Waals surface area contributed by atoms with Crippen LogP contribution in [0.3, 0.4) is 0 Å². The number of carbonyl (C=O) groups is 3. The zero-order chi connectivity index (χ0) is 13.8. The topological polar surface area (TPSA) is 108 Å². The average Bonchev–Trinajstić information content (AvgIpc) is 2.80. The van der Waals surface area contributed by atoms with Crippen LogP contribution in [-0.4, -0.2) is 41.6 Å². The van der Waals surface area contributed by atoms with E-state index in [1.54, 1.807) is 0 Å². The fraction of sp³-hybridized carbons (Fsp3) is 0.750. The van der Waals surface area contributed by atoms with Gasteiger partial charge in [-0.15, -0.1) is 0 Å². The summed E-state index contributed by atoms with van der Waals surface area (Å²) in [6.07, 6.45) is 3.50. The smallest absolute Gasteiger partial charge is 0.315 e. The summed E-state index contributed by atoms with van der Waals surface area (Å²) in [6, 6.07) is -1.32. The molecule has 0 radical (unpaired) electrons. The molecule has 4 N–H and O–H groups in total. The zero-order valence-corrected chi connectivity index (χ0v) is 10.6. The van der Waals surface area contributed by atoms with E-state index in [1.807, 2.05) is 0 Å². The summed E-state index contributed by atoms with van der Waals surface area (Å²) in [6.45, 7) is 0.641. The summed E-state index contributed by atoms with van der Waals surface area (Å²) >= 11 is 0. The molecule has 106 valence electrons. The van der Waals surface area contributed by atoms with Gasteiger partial charge in [-0.25, -0.2) is 4.79 Å². The number of hydrogen-bond donors (Lipinski definition) is 4. The molecule has 0 spiro atoms. The van der Waals surface area contributed by atoms with Crippen molar-refractivity contribution in [2.24, 2.45) is 5.92 Å². The van der Waals surface area contributed by atoms with E-state index >= 15 is 0 Å². The fourth-order valence-electron chi connectivity index (χ4n) is 2.71. The van der Waals surface area contributed by atoms with Gasteiger partial charge in [0, 0.05) is 12.6 Å². The van der Waals surface area contributed by atoms with E-state index in [0.29, 0.717) is 25.8 Å². The van der Waals surface area contributed by atoms with Crippen LogP contribution in [-0.2, 0) is 9.59 Å². The Morgan fingerprint density at radius 1 is 1.16 bits per heavy atom. The van der Waals surface area contributed by atoms with Crippen molar-refractivity contribution in [2.45, 2.75) is 44.2 Å². The van der Waals surface area contributed by atoms with Gasteiger partial charge in [-0.1, -0.05) is 6.42 Å². The largest absolute Gasteiger partial charge is 0.481 e. The Morgan fingerprint density at radius 2 is 1.95 bits per heavy atom. The van der Waals surface area contributed by atoms with Crippen LogP contribution in [0.1, 0.15) is 32.1 Å². The first-order valence-electron chi connectivity index (χ1n) is 6.65. The lowest BCUT2D eigenvalue weighted by Gasteiger charge is -2.24. The van der Waals surface area contributed by atoms with Gasteiger partial charge < -0.3 is 21.1 Å². The van der Waals surface area contributed by atoms with Crippen LogP contribution >= 0.6 is 0 Å². The van der Waals surface area contributed by atoms with Crippen molar-refractivity contribution in [1.82, 2.24) is 16.0 Å². The summed E-state index contributed by atoms with van der Waals surface area (Å²) in [5, 5.41) is 17.0. The molecule has 19 heavy (non-hydrogen) atoms. The second kappa shape index (κ2) is 5.90. The SMILES string of the molecule is O=C(NC1CCCNC1=O)NC1CCCC1C(=O)O. The molecule has 0 aromatic heterocycles. The highest BCUT2D eigenvalue weighted by molar-refractivity contribution is 5.87. The summed E-state index contributed by atoms with van der Waals surface area (Å²) in [5.41, 5.74) is 0. The highest BCUT2D eigenvalue weighted by Gasteiger charge is 2.34. The number of hydrogen-bond acceptors (Lipinski definition) is 3. The molecule has 2 rings (SSSR count). The van der Waals surface area contributed by atoms with Crippen LogP contribution in [0.2, 0.25) is 0 Å². The Hall–Kier alpha value is -1.79. The molecule has 0 aromatic carbocycles. The number of nitrogens with one attached hydrogen (secondary N) is 3. The van der Waals surface area contributed by atoms with Gasteiger partial charge in [0.15, 0.2) is 0 Å². The number of carboxylic acids is 1. The summed E-state index contributed by atoms with van der Waals surface area (Å²) in [4.78, 5) is 34.3. The van der Waals surface area contributed by atoms with Gasteiger partial charge in [0.05, 0.1) is 5.92 Å².